The number of hydrogen-bond acceptors (Lipinski definition) is 2. The van der Waals surface area contributed by atoms with E-state index in [-0.39, 0.29) is 0 Å². The Morgan fingerprint density at radius 3 is 2.24 bits per heavy atom. The first-order valence-electron chi connectivity index (χ1n) is 8.85. The van der Waals surface area contributed by atoms with Crippen molar-refractivity contribution in [3.63, 3.8) is 0 Å². The Bertz CT molecular complexity index is 755. The van der Waals surface area contributed by atoms with Gasteiger partial charge in [-0.1, -0.05) is 72.8 Å². The van der Waals surface area contributed by atoms with E-state index in [4.69, 9.17) is 4.74 Å². The highest BCUT2D eigenvalue weighted by molar-refractivity contribution is 5.29. The maximum atomic E-state index is 5.91. The van der Waals surface area contributed by atoms with E-state index >= 15 is 0 Å². The van der Waals surface area contributed by atoms with Crippen LogP contribution < -0.4 is 10.1 Å². The molecule has 0 aliphatic carbocycles. The van der Waals surface area contributed by atoms with Gasteiger partial charge >= 0.3 is 0 Å². The molecule has 0 aliphatic heterocycles. The van der Waals surface area contributed by atoms with E-state index in [1.807, 2.05) is 18.2 Å². The van der Waals surface area contributed by atoms with Gasteiger partial charge in [-0.3, -0.25) is 0 Å². The van der Waals surface area contributed by atoms with Gasteiger partial charge in [-0.15, -0.1) is 0 Å². The molecule has 1 unspecified atom stereocenters. The van der Waals surface area contributed by atoms with E-state index < -0.39 is 0 Å². The molecule has 0 bridgehead atoms. The van der Waals surface area contributed by atoms with E-state index in [1.54, 1.807) is 0 Å². The minimum absolute atomic E-state index is 0.323. The molecule has 128 valence electrons. The van der Waals surface area contributed by atoms with Crippen molar-refractivity contribution in [2.75, 3.05) is 6.61 Å². The highest BCUT2D eigenvalue weighted by Crippen LogP contribution is 2.16. The second-order valence-corrected chi connectivity index (χ2v) is 6.24. The van der Waals surface area contributed by atoms with Crippen LogP contribution in [0.15, 0.2) is 84.9 Å². The number of hydrogen-bond donors (Lipinski definition) is 1. The van der Waals surface area contributed by atoms with E-state index in [2.05, 4.69) is 79.0 Å². The first-order chi connectivity index (χ1) is 12.3. The van der Waals surface area contributed by atoms with Crippen molar-refractivity contribution in [1.82, 2.24) is 5.32 Å². The van der Waals surface area contributed by atoms with E-state index in [9.17, 15) is 0 Å². The fourth-order valence-corrected chi connectivity index (χ4v) is 2.81. The zero-order valence-corrected chi connectivity index (χ0v) is 14.7. The minimum atomic E-state index is 0.323. The van der Waals surface area contributed by atoms with Gasteiger partial charge in [-0.25, -0.2) is 0 Å². The summed E-state index contributed by atoms with van der Waals surface area (Å²) >= 11 is 0. The predicted octanol–water partition coefficient (Wildman–Crippen LogP) is 5.16. The Hall–Kier alpha value is -2.58. The van der Waals surface area contributed by atoms with Crippen molar-refractivity contribution in [1.29, 1.82) is 0 Å². The molecule has 0 saturated carbocycles. The number of rotatable bonds is 8. The maximum Gasteiger partial charge on any atom is 0.119 e. The third kappa shape index (κ3) is 5.47. The molecule has 2 nitrogen and oxygen atoms in total. The van der Waals surface area contributed by atoms with Crippen molar-refractivity contribution < 1.29 is 4.74 Å². The monoisotopic (exact) mass is 331 g/mol. The van der Waals surface area contributed by atoms with Crippen LogP contribution in [0.5, 0.6) is 5.75 Å². The zero-order valence-electron chi connectivity index (χ0n) is 14.7. The summed E-state index contributed by atoms with van der Waals surface area (Å²) in [5.74, 6) is 0.933. The second-order valence-electron chi connectivity index (χ2n) is 6.24. The average Bonchev–Trinajstić information content (AvgIpc) is 2.68. The molecular weight excluding hydrogens is 306 g/mol. The lowest BCUT2D eigenvalue weighted by Gasteiger charge is -2.15. The van der Waals surface area contributed by atoms with Gasteiger partial charge in [-0.2, -0.15) is 0 Å². The number of nitrogens with one attached hydrogen (secondary N) is 1. The molecule has 0 radical (unpaired) electrons. The first-order valence-corrected chi connectivity index (χ1v) is 8.85. The third-order valence-electron chi connectivity index (χ3n) is 4.31. The normalized spacial score (nSPS) is 11.9. The van der Waals surface area contributed by atoms with Gasteiger partial charge in [-0.05, 0) is 35.7 Å². The summed E-state index contributed by atoms with van der Waals surface area (Å²) in [6.07, 6.45) is 0.925. The smallest absolute Gasteiger partial charge is 0.119 e. The van der Waals surface area contributed by atoms with Crippen LogP contribution in [0.2, 0.25) is 0 Å². The number of ether oxygens (including phenoxy) is 1. The molecule has 0 spiro atoms. The Balaban J connectivity index is 1.49. The fourth-order valence-electron chi connectivity index (χ4n) is 2.81. The summed E-state index contributed by atoms with van der Waals surface area (Å²) in [5, 5.41) is 3.57. The first kappa shape index (κ1) is 17.2. The van der Waals surface area contributed by atoms with Gasteiger partial charge in [0.05, 0.1) is 6.61 Å². The summed E-state index contributed by atoms with van der Waals surface area (Å²) in [6.45, 7) is 3.71. The summed E-state index contributed by atoms with van der Waals surface area (Å²) in [4.78, 5) is 0. The highest BCUT2D eigenvalue weighted by atomic mass is 16.5. The van der Waals surface area contributed by atoms with Gasteiger partial charge in [0.1, 0.15) is 5.75 Å². The highest BCUT2D eigenvalue weighted by Gasteiger charge is 2.04. The largest absolute Gasteiger partial charge is 0.493 e. The van der Waals surface area contributed by atoms with Crippen LogP contribution in [0.1, 0.15) is 29.7 Å². The van der Waals surface area contributed by atoms with Crippen molar-refractivity contribution in [2.45, 2.75) is 25.9 Å². The Morgan fingerprint density at radius 2 is 1.48 bits per heavy atom. The molecule has 0 saturated heterocycles. The standard InChI is InChI=1S/C23H25NO/c1-19(22-12-6-3-7-13-22)24-18-21-11-8-14-23(17-21)25-16-15-20-9-4-2-5-10-20/h2-14,17,19,24H,15-16,18H2,1H3. The summed E-state index contributed by atoms with van der Waals surface area (Å²) in [5.41, 5.74) is 3.84. The van der Waals surface area contributed by atoms with Crippen LogP contribution in [0.4, 0.5) is 0 Å². The van der Waals surface area contributed by atoms with Gasteiger partial charge in [0.15, 0.2) is 0 Å². The molecule has 3 aromatic rings. The predicted molar refractivity (Wildman–Crippen MR) is 104 cm³/mol. The molecule has 3 aromatic carbocycles. The topological polar surface area (TPSA) is 21.3 Å². The van der Waals surface area contributed by atoms with Crippen molar-refractivity contribution >= 4 is 0 Å². The van der Waals surface area contributed by atoms with Crippen LogP contribution in [-0.4, -0.2) is 6.61 Å². The Kier molecular flexibility index (Phi) is 6.24. The molecule has 25 heavy (non-hydrogen) atoms. The molecule has 0 aromatic heterocycles. The van der Waals surface area contributed by atoms with E-state index in [1.165, 1.54) is 16.7 Å². The van der Waals surface area contributed by atoms with Gasteiger partial charge in [0, 0.05) is 19.0 Å². The van der Waals surface area contributed by atoms with E-state index in [0.717, 1.165) is 18.7 Å². The van der Waals surface area contributed by atoms with Gasteiger partial charge in [0.2, 0.25) is 0 Å². The Labute approximate surface area is 150 Å². The molecule has 0 heterocycles. The lowest BCUT2D eigenvalue weighted by molar-refractivity contribution is 0.321. The van der Waals surface area contributed by atoms with Gasteiger partial charge < -0.3 is 10.1 Å². The molecule has 1 atom stereocenters. The van der Waals surface area contributed by atoms with Crippen molar-refractivity contribution in [3.05, 3.63) is 102 Å². The lowest BCUT2D eigenvalue weighted by Crippen LogP contribution is -2.18. The quantitative estimate of drug-likeness (QED) is 0.615. The van der Waals surface area contributed by atoms with Crippen LogP contribution in [0.25, 0.3) is 0 Å². The summed E-state index contributed by atoms with van der Waals surface area (Å²) < 4.78 is 5.91. The Morgan fingerprint density at radius 1 is 0.800 bits per heavy atom. The maximum absolute atomic E-state index is 5.91. The molecule has 1 N–H and O–H groups in total. The third-order valence-corrected chi connectivity index (χ3v) is 4.31. The minimum Gasteiger partial charge on any atom is -0.493 e. The van der Waals surface area contributed by atoms with Crippen LogP contribution in [0, 0.1) is 0 Å². The average molecular weight is 331 g/mol. The summed E-state index contributed by atoms with van der Waals surface area (Å²) in [7, 11) is 0. The van der Waals surface area contributed by atoms with Crippen LogP contribution in [-0.2, 0) is 13.0 Å². The molecule has 3 rings (SSSR count). The molecule has 0 fully saturated rings. The zero-order chi connectivity index (χ0) is 17.3. The van der Waals surface area contributed by atoms with Crippen LogP contribution >= 0.6 is 0 Å². The van der Waals surface area contributed by atoms with E-state index in [0.29, 0.717) is 12.6 Å². The van der Waals surface area contributed by atoms with Crippen molar-refractivity contribution in [3.8, 4) is 5.75 Å². The molecule has 2 heteroatoms. The fraction of sp³-hybridized carbons (Fsp3) is 0.217. The molecule has 0 amide bonds. The summed E-state index contributed by atoms with van der Waals surface area (Å²) in [6, 6.07) is 29.6. The number of benzene rings is 3. The van der Waals surface area contributed by atoms with Crippen LogP contribution in [0.3, 0.4) is 0 Å². The SMILES string of the molecule is CC(NCc1cccc(OCCc2ccccc2)c1)c1ccccc1. The second kappa shape index (κ2) is 9.05. The molecule has 0 aliphatic rings. The van der Waals surface area contributed by atoms with Crippen molar-refractivity contribution in [2.24, 2.45) is 0 Å². The molecular formula is C23H25NO. The van der Waals surface area contributed by atoms with Gasteiger partial charge in [0.25, 0.3) is 0 Å². The lowest BCUT2D eigenvalue weighted by atomic mass is 10.1.